The molecule has 1 unspecified atom stereocenters. The summed E-state index contributed by atoms with van der Waals surface area (Å²) < 4.78 is 13.3. The molecule has 0 spiro atoms. The van der Waals surface area contributed by atoms with Crippen LogP contribution in [0.1, 0.15) is 22.3 Å². The van der Waals surface area contributed by atoms with E-state index < -0.39 is 22.7 Å². The first-order chi connectivity index (χ1) is 12.3. The molecular formula is C18H16FN3O4. The van der Waals surface area contributed by atoms with Gasteiger partial charge in [0.25, 0.3) is 11.6 Å². The Kier molecular flexibility index (Phi) is 4.66. The molecule has 8 heteroatoms. The lowest BCUT2D eigenvalue weighted by molar-refractivity contribution is -0.385. The van der Waals surface area contributed by atoms with Crippen molar-refractivity contribution < 1.29 is 18.9 Å². The first kappa shape index (κ1) is 17.5. The molecule has 134 valence electrons. The fraction of sp³-hybridized carbons (Fsp3) is 0.222. The molecule has 1 heterocycles. The van der Waals surface area contributed by atoms with Crippen molar-refractivity contribution in [2.75, 3.05) is 11.4 Å². The predicted molar refractivity (Wildman–Crippen MR) is 92.5 cm³/mol. The second kappa shape index (κ2) is 6.91. The predicted octanol–water partition coefficient (Wildman–Crippen LogP) is 2.58. The molecule has 7 nitrogen and oxygen atoms in total. The van der Waals surface area contributed by atoms with E-state index in [0.29, 0.717) is 11.3 Å². The lowest BCUT2D eigenvalue weighted by atomic mass is 10.1. The van der Waals surface area contributed by atoms with Crippen LogP contribution in [0.2, 0.25) is 0 Å². The van der Waals surface area contributed by atoms with E-state index in [9.17, 15) is 24.1 Å². The van der Waals surface area contributed by atoms with E-state index in [2.05, 4.69) is 5.32 Å². The van der Waals surface area contributed by atoms with Crippen LogP contribution in [0.5, 0.6) is 0 Å². The Morgan fingerprint density at radius 1 is 1.31 bits per heavy atom. The Bertz CT molecular complexity index is 900. The van der Waals surface area contributed by atoms with Crippen LogP contribution in [0.4, 0.5) is 15.8 Å². The number of nitro benzene ring substituents is 1. The number of nitro groups is 1. The van der Waals surface area contributed by atoms with Crippen molar-refractivity contribution in [1.82, 2.24) is 5.32 Å². The van der Waals surface area contributed by atoms with E-state index in [1.165, 1.54) is 41.3 Å². The minimum atomic E-state index is -0.545. The molecule has 1 N–H and O–H groups in total. The van der Waals surface area contributed by atoms with Gasteiger partial charge in [0, 0.05) is 35.8 Å². The van der Waals surface area contributed by atoms with Crippen molar-refractivity contribution in [1.29, 1.82) is 0 Å². The van der Waals surface area contributed by atoms with E-state index >= 15 is 0 Å². The Hall–Kier alpha value is -3.29. The third-order valence-corrected chi connectivity index (χ3v) is 4.25. The maximum atomic E-state index is 13.3. The van der Waals surface area contributed by atoms with E-state index in [0.717, 1.165) is 0 Å². The van der Waals surface area contributed by atoms with Gasteiger partial charge in [-0.3, -0.25) is 19.7 Å². The largest absolute Gasteiger partial charge is 0.347 e. The van der Waals surface area contributed by atoms with Gasteiger partial charge < -0.3 is 10.2 Å². The molecule has 0 aliphatic carbocycles. The maximum Gasteiger partial charge on any atom is 0.273 e. The molecule has 1 aliphatic rings. The van der Waals surface area contributed by atoms with Crippen LogP contribution in [-0.4, -0.2) is 29.3 Å². The summed E-state index contributed by atoms with van der Waals surface area (Å²) >= 11 is 0. The molecule has 2 aromatic carbocycles. The van der Waals surface area contributed by atoms with Crippen LogP contribution < -0.4 is 10.2 Å². The third-order valence-electron chi connectivity index (χ3n) is 4.25. The lowest BCUT2D eigenvalue weighted by Crippen LogP contribution is -2.37. The fourth-order valence-electron chi connectivity index (χ4n) is 2.91. The highest BCUT2D eigenvalue weighted by Crippen LogP contribution is 2.23. The Balaban J connectivity index is 1.72. The summed E-state index contributed by atoms with van der Waals surface area (Å²) in [5, 5.41) is 13.7. The summed E-state index contributed by atoms with van der Waals surface area (Å²) in [5.74, 6) is -1.17. The molecule has 1 saturated heterocycles. The Morgan fingerprint density at radius 3 is 2.77 bits per heavy atom. The molecule has 3 rings (SSSR count). The zero-order valence-corrected chi connectivity index (χ0v) is 13.9. The lowest BCUT2D eigenvalue weighted by Gasteiger charge is -2.17. The highest BCUT2D eigenvalue weighted by molar-refractivity contribution is 5.99. The van der Waals surface area contributed by atoms with Crippen LogP contribution in [0.3, 0.4) is 0 Å². The maximum absolute atomic E-state index is 13.3. The molecule has 2 amide bonds. The first-order valence-electron chi connectivity index (χ1n) is 7.97. The highest BCUT2D eigenvalue weighted by atomic mass is 19.1. The number of halogens is 1. The number of hydrogen-bond donors (Lipinski definition) is 1. The topological polar surface area (TPSA) is 92.6 Å². The number of nitrogens with one attached hydrogen (secondary N) is 1. The van der Waals surface area contributed by atoms with Gasteiger partial charge in [-0.1, -0.05) is 12.1 Å². The van der Waals surface area contributed by atoms with E-state index in [-0.39, 0.29) is 30.1 Å². The molecule has 0 bridgehead atoms. The first-order valence-corrected chi connectivity index (χ1v) is 7.97. The number of amides is 2. The number of nitrogens with zero attached hydrogens (tertiary/aromatic N) is 2. The molecule has 0 radical (unpaired) electrons. The highest BCUT2D eigenvalue weighted by Gasteiger charge is 2.32. The van der Waals surface area contributed by atoms with Crippen LogP contribution in [0, 0.1) is 22.9 Å². The van der Waals surface area contributed by atoms with Gasteiger partial charge in [0.05, 0.1) is 11.0 Å². The van der Waals surface area contributed by atoms with Gasteiger partial charge in [0.2, 0.25) is 5.91 Å². The zero-order chi connectivity index (χ0) is 18.8. The van der Waals surface area contributed by atoms with Gasteiger partial charge in [-0.15, -0.1) is 0 Å². The minimum Gasteiger partial charge on any atom is -0.347 e. The number of carbonyl (C=O) groups is 2. The average Bonchev–Trinajstić information content (AvgIpc) is 2.95. The molecule has 26 heavy (non-hydrogen) atoms. The SMILES string of the molecule is Cc1ccc(C(=O)NC2CC(=O)N(c3cccc(F)c3)C2)cc1[N+](=O)[O-]. The van der Waals surface area contributed by atoms with Gasteiger partial charge in [-0.25, -0.2) is 4.39 Å². The second-order valence-corrected chi connectivity index (χ2v) is 6.12. The summed E-state index contributed by atoms with van der Waals surface area (Å²) in [4.78, 5) is 36.4. The summed E-state index contributed by atoms with van der Waals surface area (Å²) in [6, 6.07) is 9.43. The van der Waals surface area contributed by atoms with Crippen molar-refractivity contribution in [3.05, 3.63) is 69.5 Å². The van der Waals surface area contributed by atoms with Gasteiger partial charge in [0.15, 0.2) is 0 Å². The van der Waals surface area contributed by atoms with E-state index in [4.69, 9.17) is 0 Å². The van der Waals surface area contributed by atoms with Crippen molar-refractivity contribution in [2.45, 2.75) is 19.4 Å². The molecule has 2 aromatic rings. The summed E-state index contributed by atoms with van der Waals surface area (Å²) in [5.41, 5.74) is 0.901. The number of aryl methyl sites for hydroxylation is 1. The standard InChI is InChI=1S/C18H16FN3O4/c1-11-5-6-12(7-16(11)22(25)26)18(24)20-14-9-17(23)21(10-14)15-4-2-3-13(19)8-15/h2-8,14H,9-10H2,1H3,(H,20,24). The number of hydrogen-bond acceptors (Lipinski definition) is 4. The number of benzene rings is 2. The summed E-state index contributed by atoms with van der Waals surface area (Å²) in [6.07, 6.45) is 0.0796. The molecule has 1 aliphatic heterocycles. The molecule has 1 atom stereocenters. The van der Waals surface area contributed by atoms with E-state index in [1.54, 1.807) is 13.0 Å². The Morgan fingerprint density at radius 2 is 2.08 bits per heavy atom. The third kappa shape index (κ3) is 3.53. The van der Waals surface area contributed by atoms with Crippen molar-refractivity contribution in [3.8, 4) is 0 Å². The minimum absolute atomic E-state index is 0.0796. The van der Waals surface area contributed by atoms with Crippen molar-refractivity contribution in [2.24, 2.45) is 0 Å². The molecular weight excluding hydrogens is 341 g/mol. The number of anilines is 1. The number of rotatable bonds is 4. The molecule has 1 fully saturated rings. The van der Waals surface area contributed by atoms with Crippen LogP contribution >= 0.6 is 0 Å². The van der Waals surface area contributed by atoms with Crippen molar-refractivity contribution in [3.63, 3.8) is 0 Å². The summed E-state index contributed by atoms with van der Waals surface area (Å²) in [7, 11) is 0. The summed E-state index contributed by atoms with van der Waals surface area (Å²) in [6.45, 7) is 1.80. The van der Waals surface area contributed by atoms with Crippen molar-refractivity contribution >= 4 is 23.2 Å². The van der Waals surface area contributed by atoms with Gasteiger partial charge in [-0.05, 0) is 31.2 Å². The van der Waals surface area contributed by atoms with Gasteiger partial charge in [0.1, 0.15) is 5.82 Å². The second-order valence-electron chi connectivity index (χ2n) is 6.12. The smallest absolute Gasteiger partial charge is 0.273 e. The molecule has 0 aromatic heterocycles. The zero-order valence-electron chi connectivity index (χ0n) is 13.9. The fourth-order valence-corrected chi connectivity index (χ4v) is 2.91. The monoisotopic (exact) mass is 357 g/mol. The normalized spacial score (nSPS) is 16.6. The van der Waals surface area contributed by atoms with Crippen LogP contribution in [0.15, 0.2) is 42.5 Å². The number of carbonyl (C=O) groups excluding carboxylic acids is 2. The van der Waals surface area contributed by atoms with Gasteiger partial charge >= 0.3 is 0 Å². The molecule has 0 saturated carbocycles. The van der Waals surface area contributed by atoms with Crippen LogP contribution in [0.25, 0.3) is 0 Å². The van der Waals surface area contributed by atoms with Crippen LogP contribution in [-0.2, 0) is 4.79 Å². The Labute approximate surface area is 148 Å². The van der Waals surface area contributed by atoms with Gasteiger partial charge in [-0.2, -0.15) is 0 Å². The average molecular weight is 357 g/mol. The van der Waals surface area contributed by atoms with E-state index in [1.807, 2.05) is 0 Å². The quantitative estimate of drug-likeness (QED) is 0.672.